The lowest BCUT2D eigenvalue weighted by Gasteiger charge is -2.16. The second-order valence-electron chi connectivity index (χ2n) is 3.55. The number of methoxy groups -OCH3 is 1. The average Bonchev–Trinajstić information content (AvgIpc) is 2.15. The number of hydrogen-bond acceptors (Lipinski definition) is 3. The van der Waals surface area contributed by atoms with Gasteiger partial charge in [-0.3, -0.25) is 0 Å². The zero-order valence-electron chi connectivity index (χ0n) is 9.00. The first-order valence-corrected chi connectivity index (χ1v) is 4.71. The minimum Gasteiger partial charge on any atom is -0.496 e. The molecule has 1 rings (SSSR count). The fourth-order valence-corrected chi connectivity index (χ4v) is 1.67. The first kappa shape index (κ1) is 11.0. The quantitative estimate of drug-likeness (QED) is 0.761. The van der Waals surface area contributed by atoms with E-state index in [9.17, 15) is 0 Å². The Morgan fingerprint density at radius 1 is 1.36 bits per heavy atom. The van der Waals surface area contributed by atoms with Gasteiger partial charge in [0.05, 0.1) is 7.11 Å². The number of aryl methyl sites for hydroxylation is 2. The van der Waals surface area contributed by atoms with Gasteiger partial charge in [0.1, 0.15) is 5.75 Å². The molecule has 1 aromatic rings. The standard InChI is InChI=1S/C11H18N2O/c1-7-4-8(2)11(14-3)9(5-7)10(13)6-12/h4-5,10H,6,12-13H2,1-3H3/t10-/m0/s1. The lowest BCUT2D eigenvalue weighted by molar-refractivity contribution is 0.402. The Balaban J connectivity index is 3.24. The summed E-state index contributed by atoms with van der Waals surface area (Å²) >= 11 is 0. The van der Waals surface area contributed by atoms with Crippen LogP contribution < -0.4 is 16.2 Å². The van der Waals surface area contributed by atoms with Crippen LogP contribution in [0.1, 0.15) is 22.7 Å². The molecule has 0 saturated heterocycles. The molecule has 0 aliphatic carbocycles. The third kappa shape index (κ3) is 2.05. The van der Waals surface area contributed by atoms with Crippen LogP contribution in [0.2, 0.25) is 0 Å². The molecular formula is C11H18N2O. The first-order valence-electron chi connectivity index (χ1n) is 4.71. The largest absolute Gasteiger partial charge is 0.496 e. The fraction of sp³-hybridized carbons (Fsp3) is 0.455. The Morgan fingerprint density at radius 2 is 2.00 bits per heavy atom. The van der Waals surface area contributed by atoms with Crippen molar-refractivity contribution in [3.8, 4) is 5.75 Å². The van der Waals surface area contributed by atoms with Crippen LogP contribution in [0.15, 0.2) is 12.1 Å². The van der Waals surface area contributed by atoms with E-state index in [0.717, 1.165) is 16.9 Å². The van der Waals surface area contributed by atoms with E-state index in [1.165, 1.54) is 5.56 Å². The Morgan fingerprint density at radius 3 is 2.50 bits per heavy atom. The van der Waals surface area contributed by atoms with Crippen molar-refractivity contribution in [2.45, 2.75) is 19.9 Å². The Hall–Kier alpha value is -1.06. The highest BCUT2D eigenvalue weighted by molar-refractivity contribution is 5.45. The van der Waals surface area contributed by atoms with Crippen molar-refractivity contribution in [3.63, 3.8) is 0 Å². The van der Waals surface area contributed by atoms with Gasteiger partial charge in [0.25, 0.3) is 0 Å². The monoisotopic (exact) mass is 194 g/mol. The summed E-state index contributed by atoms with van der Waals surface area (Å²) in [4.78, 5) is 0. The van der Waals surface area contributed by atoms with Crippen molar-refractivity contribution in [3.05, 3.63) is 28.8 Å². The van der Waals surface area contributed by atoms with E-state index in [1.54, 1.807) is 7.11 Å². The number of benzene rings is 1. The van der Waals surface area contributed by atoms with E-state index in [1.807, 2.05) is 19.9 Å². The summed E-state index contributed by atoms with van der Waals surface area (Å²) < 4.78 is 5.32. The molecule has 78 valence electrons. The van der Waals surface area contributed by atoms with E-state index >= 15 is 0 Å². The Labute approximate surface area is 85.0 Å². The van der Waals surface area contributed by atoms with Gasteiger partial charge < -0.3 is 16.2 Å². The maximum atomic E-state index is 5.90. The van der Waals surface area contributed by atoms with Crippen LogP contribution in [-0.4, -0.2) is 13.7 Å². The van der Waals surface area contributed by atoms with Gasteiger partial charge in [0.15, 0.2) is 0 Å². The summed E-state index contributed by atoms with van der Waals surface area (Å²) in [6.45, 7) is 4.48. The molecule has 0 radical (unpaired) electrons. The van der Waals surface area contributed by atoms with Crippen LogP contribution in [0.5, 0.6) is 5.75 Å². The maximum Gasteiger partial charge on any atom is 0.126 e. The van der Waals surface area contributed by atoms with Gasteiger partial charge in [-0.2, -0.15) is 0 Å². The fourth-order valence-electron chi connectivity index (χ4n) is 1.67. The van der Waals surface area contributed by atoms with Crippen molar-refractivity contribution in [1.82, 2.24) is 0 Å². The molecule has 0 spiro atoms. The molecule has 0 aliphatic rings. The third-order valence-corrected chi connectivity index (χ3v) is 2.31. The predicted molar refractivity (Wildman–Crippen MR) is 58.5 cm³/mol. The lowest BCUT2D eigenvalue weighted by Crippen LogP contribution is -2.21. The van der Waals surface area contributed by atoms with E-state index in [0.29, 0.717) is 6.54 Å². The van der Waals surface area contributed by atoms with Gasteiger partial charge in [-0.1, -0.05) is 17.7 Å². The minimum atomic E-state index is -0.149. The zero-order valence-corrected chi connectivity index (χ0v) is 9.00. The SMILES string of the molecule is COc1c(C)cc(C)cc1[C@@H](N)CN. The smallest absolute Gasteiger partial charge is 0.126 e. The molecule has 0 bridgehead atoms. The Kier molecular flexibility index (Phi) is 3.49. The molecule has 14 heavy (non-hydrogen) atoms. The molecule has 0 aromatic heterocycles. The van der Waals surface area contributed by atoms with Crippen LogP contribution in [-0.2, 0) is 0 Å². The molecule has 3 nitrogen and oxygen atoms in total. The predicted octanol–water partition coefficient (Wildman–Crippen LogP) is 1.27. The molecule has 0 fully saturated rings. The Bertz CT molecular complexity index is 323. The van der Waals surface area contributed by atoms with E-state index in [-0.39, 0.29) is 6.04 Å². The molecule has 4 N–H and O–H groups in total. The zero-order chi connectivity index (χ0) is 10.7. The van der Waals surface area contributed by atoms with Crippen LogP contribution in [0, 0.1) is 13.8 Å². The van der Waals surface area contributed by atoms with Crippen molar-refractivity contribution < 1.29 is 4.74 Å². The van der Waals surface area contributed by atoms with Gasteiger partial charge in [0, 0.05) is 18.2 Å². The summed E-state index contributed by atoms with van der Waals surface area (Å²) in [5.74, 6) is 0.855. The molecule has 0 aliphatic heterocycles. The van der Waals surface area contributed by atoms with Crippen LogP contribution in [0.4, 0.5) is 0 Å². The van der Waals surface area contributed by atoms with Gasteiger partial charge in [0.2, 0.25) is 0 Å². The molecule has 1 aromatic carbocycles. The summed E-state index contributed by atoms with van der Waals surface area (Å²) in [5.41, 5.74) is 14.7. The van der Waals surface area contributed by atoms with Crippen LogP contribution in [0.25, 0.3) is 0 Å². The number of hydrogen-bond donors (Lipinski definition) is 2. The van der Waals surface area contributed by atoms with Crippen molar-refractivity contribution >= 4 is 0 Å². The summed E-state index contributed by atoms with van der Waals surface area (Å²) in [6.07, 6.45) is 0. The van der Waals surface area contributed by atoms with Gasteiger partial charge in [-0.05, 0) is 19.4 Å². The molecule has 0 saturated carbocycles. The normalized spacial score (nSPS) is 12.6. The highest BCUT2D eigenvalue weighted by atomic mass is 16.5. The molecule has 1 atom stereocenters. The van der Waals surface area contributed by atoms with Crippen LogP contribution >= 0.6 is 0 Å². The van der Waals surface area contributed by atoms with E-state index < -0.39 is 0 Å². The van der Waals surface area contributed by atoms with Gasteiger partial charge in [-0.15, -0.1) is 0 Å². The van der Waals surface area contributed by atoms with Crippen molar-refractivity contribution in [2.75, 3.05) is 13.7 Å². The summed E-state index contributed by atoms with van der Waals surface area (Å²) in [5, 5.41) is 0. The second-order valence-corrected chi connectivity index (χ2v) is 3.55. The summed E-state index contributed by atoms with van der Waals surface area (Å²) in [6, 6.07) is 3.96. The first-order chi connectivity index (χ1) is 6.60. The second kappa shape index (κ2) is 4.44. The van der Waals surface area contributed by atoms with Crippen LogP contribution in [0.3, 0.4) is 0 Å². The van der Waals surface area contributed by atoms with E-state index in [2.05, 4.69) is 6.07 Å². The molecule has 0 unspecified atom stereocenters. The summed E-state index contributed by atoms with van der Waals surface area (Å²) in [7, 11) is 1.66. The molecular weight excluding hydrogens is 176 g/mol. The number of rotatable bonds is 3. The average molecular weight is 194 g/mol. The number of ether oxygens (including phenoxy) is 1. The van der Waals surface area contributed by atoms with E-state index in [4.69, 9.17) is 16.2 Å². The minimum absolute atomic E-state index is 0.149. The number of nitrogens with two attached hydrogens (primary N) is 2. The maximum absolute atomic E-state index is 5.90. The molecule has 3 heteroatoms. The molecule has 0 heterocycles. The highest BCUT2D eigenvalue weighted by Crippen LogP contribution is 2.28. The lowest BCUT2D eigenvalue weighted by atomic mass is 10.0. The topological polar surface area (TPSA) is 61.3 Å². The highest BCUT2D eigenvalue weighted by Gasteiger charge is 2.12. The van der Waals surface area contributed by atoms with Gasteiger partial charge >= 0.3 is 0 Å². The van der Waals surface area contributed by atoms with Gasteiger partial charge in [-0.25, -0.2) is 0 Å². The van der Waals surface area contributed by atoms with Crippen molar-refractivity contribution in [1.29, 1.82) is 0 Å². The van der Waals surface area contributed by atoms with Crippen molar-refractivity contribution in [2.24, 2.45) is 11.5 Å². The third-order valence-electron chi connectivity index (χ3n) is 2.31. The molecule has 0 amide bonds.